The maximum atomic E-state index is 12.1. The molecule has 0 spiro atoms. The van der Waals surface area contributed by atoms with E-state index in [9.17, 15) is 14.9 Å². The average Bonchev–Trinajstić information content (AvgIpc) is 3.29. The summed E-state index contributed by atoms with van der Waals surface area (Å²) in [5.74, 6) is -0.585. The van der Waals surface area contributed by atoms with E-state index < -0.39 is 4.92 Å². The van der Waals surface area contributed by atoms with E-state index >= 15 is 0 Å². The van der Waals surface area contributed by atoms with E-state index in [0.29, 0.717) is 5.69 Å². The lowest BCUT2D eigenvalue weighted by Gasteiger charge is -2.05. The number of nitrogens with one attached hydrogen (secondary N) is 1. The number of carbonyl (C=O) groups is 1. The van der Waals surface area contributed by atoms with Crippen LogP contribution in [0.15, 0.2) is 55.0 Å². The zero-order valence-corrected chi connectivity index (χ0v) is 15.6. The number of benzene rings is 2. The molecule has 140 valence electrons. The largest absolute Gasteiger partial charge is 0.381 e. The standard InChI is InChI=1S/C19H15N5O3S/c1-12-2-7-15-16(8-12)28-19(22-15)13-3-5-14(6-4-13)21-18(25)10-23-9-17(20-11-23)24(26)27/h2-9,11H,10H2,1H3,(H,21,25). The van der Waals surface area contributed by atoms with Crippen molar-refractivity contribution in [2.45, 2.75) is 13.5 Å². The number of thiazole rings is 1. The van der Waals surface area contributed by atoms with E-state index in [1.165, 1.54) is 22.7 Å². The first-order valence-corrected chi connectivity index (χ1v) is 9.23. The third-order valence-corrected chi connectivity index (χ3v) is 5.16. The highest BCUT2D eigenvalue weighted by Crippen LogP contribution is 2.31. The molecule has 0 unspecified atom stereocenters. The minimum atomic E-state index is -0.601. The molecule has 2 heterocycles. The van der Waals surface area contributed by atoms with Crippen LogP contribution in [0, 0.1) is 17.0 Å². The highest BCUT2D eigenvalue weighted by molar-refractivity contribution is 7.21. The van der Waals surface area contributed by atoms with Crippen molar-refractivity contribution in [3.63, 3.8) is 0 Å². The van der Waals surface area contributed by atoms with E-state index in [-0.39, 0.29) is 18.3 Å². The van der Waals surface area contributed by atoms with Crippen LogP contribution < -0.4 is 5.32 Å². The van der Waals surface area contributed by atoms with Gasteiger partial charge >= 0.3 is 5.82 Å². The smallest absolute Gasteiger partial charge is 0.358 e. The van der Waals surface area contributed by atoms with Gasteiger partial charge in [0.05, 0.1) is 10.2 Å². The molecule has 0 bridgehead atoms. The zero-order chi connectivity index (χ0) is 19.7. The summed E-state index contributed by atoms with van der Waals surface area (Å²) in [4.78, 5) is 30.4. The highest BCUT2D eigenvalue weighted by atomic mass is 32.1. The number of hydrogen-bond donors (Lipinski definition) is 1. The lowest BCUT2D eigenvalue weighted by Crippen LogP contribution is -2.17. The van der Waals surface area contributed by atoms with Crippen LogP contribution >= 0.6 is 11.3 Å². The summed E-state index contributed by atoms with van der Waals surface area (Å²) in [7, 11) is 0. The maximum Gasteiger partial charge on any atom is 0.381 e. The van der Waals surface area contributed by atoms with Crippen molar-refractivity contribution in [1.29, 1.82) is 0 Å². The first-order chi connectivity index (χ1) is 13.5. The van der Waals surface area contributed by atoms with Crippen LogP contribution in [-0.4, -0.2) is 25.4 Å². The Kier molecular flexibility index (Phi) is 4.58. The van der Waals surface area contributed by atoms with Gasteiger partial charge in [-0.25, -0.2) is 4.98 Å². The second-order valence-electron chi connectivity index (χ2n) is 6.28. The Morgan fingerprint density at radius 1 is 1.25 bits per heavy atom. The summed E-state index contributed by atoms with van der Waals surface area (Å²) in [5.41, 5.74) is 3.78. The molecule has 28 heavy (non-hydrogen) atoms. The lowest BCUT2D eigenvalue weighted by atomic mass is 10.2. The minimum absolute atomic E-state index is 0.0557. The van der Waals surface area contributed by atoms with Crippen molar-refractivity contribution in [2.75, 3.05) is 5.32 Å². The fourth-order valence-electron chi connectivity index (χ4n) is 2.75. The average molecular weight is 393 g/mol. The van der Waals surface area contributed by atoms with Gasteiger partial charge in [0.15, 0.2) is 0 Å². The Bertz CT molecular complexity index is 1180. The van der Waals surface area contributed by atoms with Gasteiger partial charge in [-0.1, -0.05) is 6.07 Å². The van der Waals surface area contributed by atoms with E-state index in [4.69, 9.17) is 0 Å². The van der Waals surface area contributed by atoms with Crippen LogP contribution in [0.1, 0.15) is 5.56 Å². The molecule has 4 rings (SSSR count). The van der Waals surface area contributed by atoms with Crippen LogP contribution in [0.4, 0.5) is 11.5 Å². The number of aromatic nitrogens is 3. The predicted molar refractivity (Wildman–Crippen MR) is 107 cm³/mol. The number of imidazole rings is 1. The van der Waals surface area contributed by atoms with E-state index in [1.54, 1.807) is 23.5 Å². The van der Waals surface area contributed by atoms with Crippen molar-refractivity contribution in [2.24, 2.45) is 0 Å². The molecule has 2 aromatic heterocycles. The van der Waals surface area contributed by atoms with Gasteiger partial charge in [0.25, 0.3) is 0 Å². The minimum Gasteiger partial charge on any atom is -0.358 e. The summed E-state index contributed by atoms with van der Waals surface area (Å²) in [6.07, 6.45) is 2.48. The van der Waals surface area contributed by atoms with Crippen molar-refractivity contribution < 1.29 is 9.72 Å². The number of rotatable bonds is 5. The molecule has 0 aliphatic carbocycles. The predicted octanol–water partition coefficient (Wildman–Crippen LogP) is 4.02. The van der Waals surface area contributed by atoms with E-state index in [2.05, 4.69) is 28.3 Å². The van der Waals surface area contributed by atoms with Gasteiger partial charge in [-0.3, -0.25) is 4.79 Å². The number of nitrogens with zero attached hydrogens (tertiary/aromatic N) is 4. The van der Waals surface area contributed by atoms with E-state index in [1.807, 2.05) is 24.3 Å². The maximum absolute atomic E-state index is 12.1. The fourth-order valence-corrected chi connectivity index (χ4v) is 3.82. The molecule has 0 aliphatic heterocycles. The van der Waals surface area contributed by atoms with Crippen LogP contribution in [0.5, 0.6) is 0 Å². The number of amides is 1. The number of nitro groups is 1. The van der Waals surface area contributed by atoms with Crippen LogP contribution in [-0.2, 0) is 11.3 Å². The number of anilines is 1. The first kappa shape index (κ1) is 17.8. The molecular formula is C19H15N5O3S. The van der Waals surface area contributed by atoms with Gasteiger partial charge in [0, 0.05) is 11.3 Å². The quantitative estimate of drug-likeness (QED) is 0.407. The topological polar surface area (TPSA) is 103 Å². The molecular weight excluding hydrogens is 378 g/mol. The molecule has 8 nitrogen and oxygen atoms in total. The van der Waals surface area contributed by atoms with Crippen molar-refractivity contribution >= 4 is 39.0 Å². The van der Waals surface area contributed by atoms with Gasteiger partial charge < -0.3 is 20.0 Å². The van der Waals surface area contributed by atoms with Gasteiger partial charge in [-0.15, -0.1) is 11.3 Å². The molecule has 4 aromatic rings. The number of aryl methyl sites for hydroxylation is 1. The highest BCUT2D eigenvalue weighted by Gasteiger charge is 2.12. The molecule has 0 fully saturated rings. The molecule has 2 aromatic carbocycles. The normalized spacial score (nSPS) is 10.9. The van der Waals surface area contributed by atoms with E-state index in [0.717, 1.165) is 20.8 Å². The summed E-state index contributed by atoms with van der Waals surface area (Å²) in [6.45, 7) is 2.00. The van der Waals surface area contributed by atoms with Crippen LogP contribution in [0.25, 0.3) is 20.8 Å². The third kappa shape index (κ3) is 3.74. The Hall–Kier alpha value is -3.59. The van der Waals surface area contributed by atoms with Gasteiger partial charge in [-0.2, -0.15) is 0 Å². The molecule has 0 atom stereocenters. The second-order valence-corrected chi connectivity index (χ2v) is 7.31. The zero-order valence-electron chi connectivity index (χ0n) is 14.8. The Morgan fingerprint density at radius 3 is 2.75 bits per heavy atom. The number of fused-ring (bicyclic) bond motifs is 1. The molecule has 1 N–H and O–H groups in total. The molecule has 0 saturated carbocycles. The number of hydrogen-bond acceptors (Lipinski definition) is 6. The summed E-state index contributed by atoms with van der Waals surface area (Å²) in [6, 6.07) is 13.6. The van der Waals surface area contributed by atoms with Crippen LogP contribution in [0.3, 0.4) is 0 Å². The lowest BCUT2D eigenvalue weighted by molar-refractivity contribution is -0.389. The summed E-state index contributed by atoms with van der Waals surface area (Å²) >= 11 is 1.63. The monoisotopic (exact) mass is 393 g/mol. The van der Waals surface area contributed by atoms with Gasteiger partial charge in [0.1, 0.15) is 17.7 Å². The van der Waals surface area contributed by atoms with Gasteiger partial charge in [0.2, 0.25) is 12.2 Å². The third-order valence-electron chi connectivity index (χ3n) is 4.09. The Balaban J connectivity index is 1.44. The molecule has 0 radical (unpaired) electrons. The second kappa shape index (κ2) is 7.20. The van der Waals surface area contributed by atoms with Gasteiger partial charge in [-0.05, 0) is 58.8 Å². The fraction of sp³-hybridized carbons (Fsp3) is 0.105. The SMILES string of the molecule is Cc1ccc2nc(-c3ccc(NC(=O)Cn4cnc([N+](=O)[O-])c4)cc3)sc2c1. The Morgan fingerprint density at radius 2 is 2.04 bits per heavy atom. The van der Waals surface area contributed by atoms with Crippen LogP contribution in [0.2, 0.25) is 0 Å². The summed E-state index contributed by atoms with van der Waals surface area (Å²) in [5, 5.41) is 14.3. The van der Waals surface area contributed by atoms with Crippen molar-refractivity contribution in [3.05, 3.63) is 70.7 Å². The Labute approximate surface area is 163 Å². The molecule has 0 saturated heterocycles. The molecule has 0 aliphatic rings. The van der Waals surface area contributed by atoms with Crippen molar-refractivity contribution in [3.8, 4) is 10.6 Å². The number of carbonyl (C=O) groups excluding carboxylic acids is 1. The summed E-state index contributed by atoms with van der Waals surface area (Å²) < 4.78 is 2.51. The molecule has 9 heteroatoms. The first-order valence-electron chi connectivity index (χ1n) is 8.41. The van der Waals surface area contributed by atoms with Crippen molar-refractivity contribution in [1.82, 2.24) is 14.5 Å². The molecule has 1 amide bonds.